The van der Waals surface area contributed by atoms with Crippen molar-refractivity contribution in [2.45, 2.75) is 18.9 Å². The minimum absolute atomic E-state index is 0.0607. The Bertz CT molecular complexity index is 896. The van der Waals surface area contributed by atoms with Crippen molar-refractivity contribution in [2.75, 3.05) is 51.9 Å². The van der Waals surface area contributed by atoms with Crippen LogP contribution < -0.4 is 9.47 Å². The molecule has 32 heavy (non-hydrogen) atoms. The van der Waals surface area contributed by atoms with E-state index in [-0.39, 0.29) is 23.6 Å². The molecule has 2 heterocycles. The van der Waals surface area contributed by atoms with Gasteiger partial charge in [0.2, 0.25) is 5.91 Å². The second-order valence-electron chi connectivity index (χ2n) is 8.53. The summed E-state index contributed by atoms with van der Waals surface area (Å²) in [5.41, 5.74) is 2.17. The van der Waals surface area contributed by atoms with Gasteiger partial charge in [0, 0.05) is 50.3 Å². The Kier molecular flexibility index (Phi) is 7.58. The number of carbonyl (C=O) groups is 1. The molecular formula is C25H31FN2O3S. The summed E-state index contributed by atoms with van der Waals surface area (Å²) < 4.78 is 24.4. The molecule has 7 heteroatoms. The van der Waals surface area contributed by atoms with E-state index in [0.717, 1.165) is 66.7 Å². The molecular weight excluding hydrogens is 427 g/mol. The van der Waals surface area contributed by atoms with Crippen LogP contribution in [0.5, 0.6) is 11.5 Å². The number of piperidine rings is 1. The van der Waals surface area contributed by atoms with E-state index >= 15 is 0 Å². The molecule has 172 valence electrons. The van der Waals surface area contributed by atoms with Crippen molar-refractivity contribution >= 4 is 17.7 Å². The number of rotatable bonds is 6. The first-order valence-electron chi connectivity index (χ1n) is 11.1. The molecule has 2 atom stereocenters. The first-order valence-corrected chi connectivity index (χ1v) is 12.3. The quantitative estimate of drug-likeness (QED) is 0.654. The Labute approximate surface area is 193 Å². The molecule has 0 N–H and O–H groups in total. The number of carbonyl (C=O) groups excluding carboxylic acids is 1. The average molecular weight is 459 g/mol. The summed E-state index contributed by atoms with van der Waals surface area (Å²) in [6.45, 7) is 3.90. The van der Waals surface area contributed by atoms with E-state index < -0.39 is 0 Å². The van der Waals surface area contributed by atoms with Crippen LogP contribution in [0.3, 0.4) is 0 Å². The predicted molar refractivity (Wildman–Crippen MR) is 126 cm³/mol. The first kappa shape index (κ1) is 22.9. The topological polar surface area (TPSA) is 42.0 Å². The van der Waals surface area contributed by atoms with Crippen molar-refractivity contribution in [3.8, 4) is 11.5 Å². The Hall–Kier alpha value is -2.25. The Morgan fingerprint density at radius 2 is 1.69 bits per heavy atom. The van der Waals surface area contributed by atoms with Gasteiger partial charge in [-0.3, -0.25) is 9.69 Å². The standard InChI is InChI=1S/C25H31FN2O3S/c1-30-23-11-18(12-24(14-23)31-2)15-27-16-20(19-3-5-22(26)6-4-19)13-21(17-27)25(29)28-7-9-32-10-8-28/h3-6,11-12,14,20-21H,7-10,13,15-17H2,1-2H3. The highest BCUT2D eigenvalue weighted by Crippen LogP contribution is 2.33. The van der Waals surface area contributed by atoms with Crippen molar-refractivity contribution in [2.24, 2.45) is 5.92 Å². The van der Waals surface area contributed by atoms with Crippen LogP contribution in [0.2, 0.25) is 0 Å². The van der Waals surface area contributed by atoms with E-state index in [0.29, 0.717) is 6.54 Å². The van der Waals surface area contributed by atoms with Gasteiger partial charge >= 0.3 is 0 Å². The minimum atomic E-state index is -0.233. The Morgan fingerprint density at radius 3 is 2.31 bits per heavy atom. The molecule has 2 unspecified atom stereocenters. The lowest BCUT2D eigenvalue weighted by Gasteiger charge is -2.40. The smallest absolute Gasteiger partial charge is 0.227 e. The zero-order valence-corrected chi connectivity index (χ0v) is 19.6. The molecule has 2 fully saturated rings. The molecule has 2 aliphatic heterocycles. The van der Waals surface area contributed by atoms with E-state index in [4.69, 9.17) is 9.47 Å². The fourth-order valence-corrected chi connectivity index (χ4v) is 5.64. The van der Waals surface area contributed by atoms with Gasteiger partial charge in [-0.15, -0.1) is 0 Å². The molecule has 2 aromatic carbocycles. The first-order chi connectivity index (χ1) is 15.6. The second kappa shape index (κ2) is 10.6. The van der Waals surface area contributed by atoms with Gasteiger partial charge in [-0.2, -0.15) is 11.8 Å². The summed E-state index contributed by atoms with van der Waals surface area (Å²) in [6.07, 6.45) is 0.798. The third kappa shape index (κ3) is 5.56. The predicted octanol–water partition coefficient (Wildman–Crippen LogP) is 4.02. The highest BCUT2D eigenvalue weighted by molar-refractivity contribution is 7.99. The van der Waals surface area contributed by atoms with Gasteiger partial charge in [-0.05, 0) is 47.7 Å². The van der Waals surface area contributed by atoms with Crippen molar-refractivity contribution in [1.82, 2.24) is 9.80 Å². The van der Waals surface area contributed by atoms with E-state index in [9.17, 15) is 9.18 Å². The van der Waals surface area contributed by atoms with Gasteiger partial charge in [-0.1, -0.05) is 12.1 Å². The van der Waals surface area contributed by atoms with Crippen molar-refractivity contribution in [3.63, 3.8) is 0 Å². The maximum absolute atomic E-state index is 13.5. The summed E-state index contributed by atoms with van der Waals surface area (Å²) in [6, 6.07) is 12.6. The monoisotopic (exact) mass is 458 g/mol. The highest BCUT2D eigenvalue weighted by Gasteiger charge is 2.35. The number of thioether (sulfide) groups is 1. The number of hydrogen-bond acceptors (Lipinski definition) is 5. The zero-order valence-electron chi connectivity index (χ0n) is 18.8. The van der Waals surface area contributed by atoms with Crippen LogP contribution in [0.4, 0.5) is 4.39 Å². The maximum atomic E-state index is 13.5. The largest absolute Gasteiger partial charge is 0.497 e. The van der Waals surface area contributed by atoms with Crippen LogP contribution in [-0.2, 0) is 11.3 Å². The highest BCUT2D eigenvalue weighted by atomic mass is 32.2. The summed E-state index contributed by atoms with van der Waals surface area (Å²) in [5, 5.41) is 0. The van der Waals surface area contributed by atoms with Crippen LogP contribution in [-0.4, -0.2) is 67.6 Å². The molecule has 2 aliphatic rings. The molecule has 2 saturated heterocycles. The molecule has 1 amide bonds. The van der Waals surface area contributed by atoms with Gasteiger partial charge < -0.3 is 14.4 Å². The number of nitrogens with zero attached hydrogens (tertiary/aromatic N) is 2. The molecule has 0 bridgehead atoms. The lowest BCUT2D eigenvalue weighted by atomic mass is 9.83. The third-order valence-corrected chi connectivity index (χ3v) is 7.30. The number of likely N-dealkylation sites (tertiary alicyclic amines) is 1. The van der Waals surface area contributed by atoms with E-state index in [1.807, 2.05) is 47.0 Å². The van der Waals surface area contributed by atoms with E-state index in [1.165, 1.54) is 12.1 Å². The van der Waals surface area contributed by atoms with Gasteiger partial charge in [0.15, 0.2) is 0 Å². The van der Waals surface area contributed by atoms with E-state index in [2.05, 4.69) is 4.90 Å². The maximum Gasteiger partial charge on any atom is 0.227 e. The molecule has 0 spiro atoms. The molecule has 0 radical (unpaired) electrons. The summed E-state index contributed by atoms with van der Waals surface area (Å²) in [5.74, 6) is 3.67. The lowest BCUT2D eigenvalue weighted by Crippen LogP contribution is -2.48. The second-order valence-corrected chi connectivity index (χ2v) is 9.76. The number of benzene rings is 2. The molecule has 0 aliphatic carbocycles. The fourth-order valence-electron chi connectivity index (χ4n) is 4.73. The molecule has 0 aromatic heterocycles. The summed E-state index contributed by atoms with van der Waals surface area (Å²) in [4.78, 5) is 17.7. The number of ether oxygens (including phenoxy) is 2. The van der Waals surface area contributed by atoms with Gasteiger partial charge in [0.05, 0.1) is 20.1 Å². The Morgan fingerprint density at radius 1 is 1.03 bits per heavy atom. The van der Waals surface area contributed by atoms with Crippen LogP contribution >= 0.6 is 11.8 Å². The van der Waals surface area contributed by atoms with Crippen LogP contribution in [0.15, 0.2) is 42.5 Å². The minimum Gasteiger partial charge on any atom is -0.497 e. The van der Waals surface area contributed by atoms with Gasteiger partial charge in [-0.25, -0.2) is 4.39 Å². The lowest BCUT2D eigenvalue weighted by molar-refractivity contribution is -0.137. The molecule has 2 aromatic rings. The molecule has 4 rings (SSSR count). The molecule has 0 saturated carbocycles. The fraction of sp³-hybridized carbons (Fsp3) is 0.480. The van der Waals surface area contributed by atoms with Gasteiger partial charge in [0.1, 0.15) is 17.3 Å². The number of hydrogen-bond donors (Lipinski definition) is 0. The molecule has 5 nitrogen and oxygen atoms in total. The van der Waals surface area contributed by atoms with Crippen LogP contribution in [0.25, 0.3) is 0 Å². The van der Waals surface area contributed by atoms with Crippen molar-refractivity contribution < 1.29 is 18.7 Å². The number of methoxy groups -OCH3 is 2. The van der Waals surface area contributed by atoms with Crippen LogP contribution in [0, 0.1) is 11.7 Å². The Balaban J connectivity index is 1.56. The van der Waals surface area contributed by atoms with E-state index in [1.54, 1.807) is 14.2 Å². The normalized spacial score (nSPS) is 21.9. The van der Waals surface area contributed by atoms with Gasteiger partial charge in [0.25, 0.3) is 0 Å². The summed E-state index contributed by atoms with van der Waals surface area (Å²) >= 11 is 1.91. The zero-order chi connectivity index (χ0) is 22.5. The number of amides is 1. The average Bonchev–Trinajstić information content (AvgIpc) is 2.84. The van der Waals surface area contributed by atoms with Crippen LogP contribution in [0.1, 0.15) is 23.5 Å². The number of halogens is 1. The van der Waals surface area contributed by atoms with Crippen molar-refractivity contribution in [3.05, 3.63) is 59.4 Å². The SMILES string of the molecule is COc1cc(CN2CC(C(=O)N3CCSCC3)CC(c3ccc(F)cc3)C2)cc(OC)c1. The third-order valence-electron chi connectivity index (χ3n) is 6.36. The summed E-state index contributed by atoms with van der Waals surface area (Å²) in [7, 11) is 3.30. The van der Waals surface area contributed by atoms with Crippen molar-refractivity contribution in [1.29, 1.82) is 0 Å².